The van der Waals surface area contributed by atoms with Crippen LogP contribution in [0, 0.1) is 5.92 Å². The van der Waals surface area contributed by atoms with Gasteiger partial charge in [0.15, 0.2) is 0 Å². The van der Waals surface area contributed by atoms with Gasteiger partial charge in [-0.15, -0.1) is 0 Å². The van der Waals surface area contributed by atoms with E-state index in [9.17, 15) is 5.11 Å². The van der Waals surface area contributed by atoms with Crippen molar-refractivity contribution in [3.05, 3.63) is 0 Å². The predicted molar refractivity (Wildman–Crippen MR) is 63.9 cm³/mol. The van der Waals surface area contributed by atoms with Gasteiger partial charge in [0.2, 0.25) is 0 Å². The van der Waals surface area contributed by atoms with Crippen LogP contribution in [0.1, 0.15) is 40.0 Å². The van der Waals surface area contributed by atoms with Crippen molar-refractivity contribution in [3.63, 3.8) is 0 Å². The first-order valence-corrected chi connectivity index (χ1v) is 5.92. The van der Waals surface area contributed by atoms with Gasteiger partial charge in [0.25, 0.3) is 0 Å². The molecule has 0 aromatic rings. The molecule has 0 bridgehead atoms. The molecule has 0 aliphatic rings. The van der Waals surface area contributed by atoms with Crippen LogP contribution in [0.3, 0.4) is 0 Å². The van der Waals surface area contributed by atoms with Crippen LogP contribution in [-0.2, 0) is 0 Å². The van der Waals surface area contributed by atoms with Crippen LogP contribution in [-0.4, -0.2) is 47.5 Å². The van der Waals surface area contributed by atoms with Gasteiger partial charge in [-0.2, -0.15) is 0 Å². The lowest BCUT2D eigenvalue weighted by atomic mass is 9.92. The molecule has 0 rings (SSSR count). The van der Waals surface area contributed by atoms with Gasteiger partial charge < -0.3 is 15.1 Å². The molecule has 0 saturated carbocycles. The van der Waals surface area contributed by atoms with Crippen LogP contribution < -0.4 is 0 Å². The minimum absolute atomic E-state index is 0.275. The fraction of sp³-hybridized carbons (Fsp3) is 1.00. The Hall–Kier alpha value is -0.120. The van der Waals surface area contributed by atoms with E-state index in [4.69, 9.17) is 5.11 Å². The van der Waals surface area contributed by atoms with Gasteiger partial charge in [-0.05, 0) is 45.7 Å². The second kappa shape index (κ2) is 7.20. The third-order valence-electron chi connectivity index (χ3n) is 3.03. The molecule has 0 heterocycles. The Morgan fingerprint density at radius 3 is 2.27 bits per heavy atom. The number of hydrogen-bond acceptors (Lipinski definition) is 3. The van der Waals surface area contributed by atoms with Gasteiger partial charge in [0, 0.05) is 13.2 Å². The molecule has 15 heavy (non-hydrogen) atoms. The van der Waals surface area contributed by atoms with Crippen molar-refractivity contribution in [1.82, 2.24) is 4.90 Å². The van der Waals surface area contributed by atoms with Crippen LogP contribution in [0.5, 0.6) is 0 Å². The summed E-state index contributed by atoms with van der Waals surface area (Å²) in [6.07, 6.45) is 3.03. The van der Waals surface area contributed by atoms with Crippen molar-refractivity contribution in [1.29, 1.82) is 0 Å². The highest BCUT2D eigenvalue weighted by molar-refractivity contribution is 4.79. The van der Waals surface area contributed by atoms with Gasteiger partial charge in [-0.25, -0.2) is 0 Å². The van der Waals surface area contributed by atoms with Crippen LogP contribution in [0.4, 0.5) is 0 Å². The average Bonchev–Trinajstić information content (AvgIpc) is 2.11. The van der Waals surface area contributed by atoms with Crippen molar-refractivity contribution >= 4 is 0 Å². The highest BCUT2D eigenvalue weighted by atomic mass is 16.3. The Morgan fingerprint density at radius 2 is 1.80 bits per heavy atom. The van der Waals surface area contributed by atoms with E-state index in [-0.39, 0.29) is 12.5 Å². The normalized spacial score (nSPS) is 16.0. The summed E-state index contributed by atoms with van der Waals surface area (Å²) < 4.78 is 0. The molecule has 1 unspecified atom stereocenters. The number of likely N-dealkylation sites (N-methyl/N-ethyl adjacent to an activating group) is 1. The third-order valence-corrected chi connectivity index (χ3v) is 3.03. The van der Waals surface area contributed by atoms with Crippen LogP contribution in [0.25, 0.3) is 0 Å². The number of aliphatic hydroxyl groups is 2. The molecule has 0 radical (unpaired) electrons. The molecule has 0 aromatic carbocycles. The number of unbranched alkanes of at least 4 members (excludes halogenated alkanes) is 2. The molecule has 0 aliphatic carbocycles. The quantitative estimate of drug-likeness (QED) is 0.605. The summed E-state index contributed by atoms with van der Waals surface area (Å²) in [6.45, 7) is 7.96. The minimum atomic E-state index is -0.605. The fourth-order valence-electron chi connectivity index (χ4n) is 1.48. The van der Waals surface area contributed by atoms with E-state index in [0.29, 0.717) is 6.54 Å². The Bertz CT molecular complexity index is 158. The lowest BCUT2D eigenvalue weighted by Gasteiger charge is -2.32. The maximum atomic E-state index is 10.1. The molecule has 0 saturated heterocycles. The highest BCUT2D eigenvalue weighted by Crippen LogP contribution is 2.17. The van der Waals surface area contributed by atoms with E-state index in [1.54, 1.807) is 0 Å². The maximum Gasteiger partial charge on any atom is 0.0768 e. The van der Waals surface area contributed by atoms with Crippen molar-refractivity contribution in [3.8, 4) is 0 Å². The summed E-state index contributed by atoms with van der Waals surface area (Å²) in [5.74, 6) is 0.275. The van der Waals surface area contributed by atoms with E-state index in [1.807, 2.05) is 27.8 Å². The zero-order valence-corrected chi connectivity index (χ0v) is 10.7. The molecule has 92 valence electrons. The topological polar surface area (TPSA) is 43.7 Å². The summed E-state index contributed by atoms with van der Waals surface area (Å²) in [7, 11) is 2.04. The van der Waals surface area contributed by atoms with Crippen LogP contribution in [0.2, 0.25) is 0 Å². The van der Waals surface area contributed by atoms with Crippen molar-refractivity contribution in [2.75, 3.05) is 26.7 Å². The SMILES string of the molecule is CC(C)C(C)(O)CN(C)CCCCCO. The number of rotatable bonds is 8. The molecule has 1 atom stereocenters. The fourth-order valence-corrected chi connectivity index (χ4v) is 1.48. The van der Waals surface area contributed by atoms with E-state index in [2.05, 4.69) is 4.90 Å². The lowest BCUT2D eigenvalue weighted by Crippen LogP contribution is -2.43. The van der Waals surface area contributed by atoms with Gasteiger partial charge in [-0.3, -0.25) is 0 Å². The number of nitrogens with zero attached hydrogens (tertiary/aromatic N) is 1. The van der Waals surface area contributed by atoms with E-state index in [0.717, 1.165) is 25.8 Å². The predicted octanol–water partition coefficient (Wildman–Crippen LogP) is 1.49. The monoisotopic (exact) mass is 217 g/mol. The second-order valence-electron chi connectivity index (χ2n) is 5.03. The van der Waals surface area contributed by atoms with Crippen LogP contribution in [0.15, 0.2) is 0 Å². The molecule has 3 heteroatoms. The molecule has 0 aromatic heterocycles. The summed E-state index contributed by atoms with van der Waals surface area (Å²) in [4.78, 5) is 2.16. The summed E-state index contributed by atoms with van der Waals surface area (Å²) >= 11 is 0. The van der Waals surface area contributed by atoms with E-state index >= 15 is 0 Å². The zero-order chi connectivity index (χ0) is 11.9. The smallest absolute Gasteiger partial charge is 0.0768 e. The van der Waals surface area contributed by atoms with Gasteiger partial charge in [0.05, 0.1) is 5.60 Å². The average molecular weight is 217 g/mol. The third kappa shape index (κ3) is 6.88. The summed E-state index contributed by atoms with van der Waals surface area (Å²) in [6, 6.07) is 0. The van der Waals surface area contributed by atoms with Crippen LogP contribution >= 0.6 is 0 Å². The molecule has 0 fully saturated rings. The summed E-state index contributed by atoms with van der Waals surface area (Å²) in [5.41, 5.74) is -0.605. The molecular weight excluding hydrogens is 190 g/mol. The Labute approximate surface area is 94.1 Å². The van der Waals surface area contributed by atoms with Crippen molar-refractivity contribution < 1.29 is 10.2 Å². The molecular formula is C12H27NO2. The molecule has 0 amide bonds. The van der Waals surface area contributed by atoms with E-state index in [1.165, 1.54) is 0 Å². The van der Waals surface area contributed by atoms with Gasteiger partial charge in [-0.1, -0.05) is 13.8 Å². The molecule has 2 N–H and O–H groups in total. The second-order valence-corrected chi connectivity index (χ2v) is 5.03. The van der Waals surface area contributed by atoms with Crippen molar-refractivity contribution in [2.24, 2.45) is 5.92 Å². The first kappa shape index (κ1) is 14.9. The Kier molecular flexibility index (Phi) is 7.14. The molecule has 0 aliphatic heterocycles. The Balaban J connectivity index is 3.68. The lowest BCUT2D eigenvalue weighted by molar-refractivity contribution is -0.0133. The minimum Gasteiger partial charge on any atom is -0.396 e. The van der Waals surface area contributed by atoms with E-state index < -0.39 is 5.60 Å². The maximum absolute atomic E-state index is 10.1. The molecule has 0 spiro atoms. The first-order chi connectivity index (χ1) is 6.90. The number of hydrogen-bond donors (Lipinski definition) is 2. The highest BCUT2D eigenvalue weighted by Gasteiger charge is 2.25. The van der Waals surface area contributed by atoms with Crippen molar-refractivity contribution in [2.45, 2.75) is 45.6 Å². The largest absolute Gasteiger partial charge is 0.396 e. The molecule has 3 nitrogen and oxygen atoms in total. The summed E-state index contributed by atoms with van der Waals surface area (Å²) in [5, 5.41) is 18.7. The van der Waals surface area contributed by atoms with Gasteiger partial charge >= 0.3 is 0 Å². The number of aliphatic hydroxyl groups excluding tert-OH is 1. The first-order valence-electron chi connectivity index (χ1n) is 5.92. The zero-order valence-electron chi connectivity index (χ0n) is 10.7. The Morgan fingerprint density at radius 1 is 1.20 bits per heavy atom. The standard InChI is InChI=1S/C12H27NO2/c1-11(2)12(3,15)10-13(4)8-6-5-7-9-14/h11,14-15H,5-10H2,1-4H3. The van der Waals surface area contributed by atoms with Gasteiger partial charge in [0.1, 0.15) is 0 Å².